The summed E-state index contributed by atoms with van der Waals surface area (Å²) < 4.78 is 0. The summed E-state index contributed by atoms with van der Waals surface area (Å²) in [5, 5.41) is 11.8. The molecule has 0 radical (unpaired) electrons. The van der Waals surface area contributed by atoms with Crippen LogP contribution in [-0.4, -0.2) is 26.4 Å². The number of hydrogen-bond acceptors (Lipinski definition) is 4. The van der Waals surface area contributed by atoms with Crippen molar-refractivity contribution >= 4 is 17.1 Å². The van der Waals surface area contributed by atoms with E-state index in [0.29, 0.717) is 29.6 Å². The first-order valence-corrected chi connectivity index (χ1v) is 6.62. The Morgan fingerprint density at radius 2 is 2.30 bits per heavy atom. The first-order chi connectivity index (χ1) is 9.54. The molecule has 2 aromatic heterocycles. The predicted molar refractivity (Wildman–Crippen MR) is 73.0 cm³/mol. The second-order valence-corrected chi connectivity index (χ2v) is 5.50. The minimum absolute atomic E-state index is 0.242. The number of rotatable bonds is 3. The molecule has 102 valence electrons. The largest absolute Gasteiger partial charge is 0.344 e. The van der Waals surface area contributed by atoms with Crippen LogP contribution >= 0.6 is 0 Å². The fourth-order valence-electron chi connectivity index (χ4n) is 2.03. The second kappa shape index (κ2) is 4.30. The van der Waals surface area contributed by atoms with Crippen LogP contribution in [0.4, 0.5) is 0 Å². The summed E-state index contributed by atoms with van der Waals surface area (Å²) >= 11 is 0. The number of carbonyl (C=O) groups is 1. The Morgan fingerprint density at radius 3 is 2.90 bits per heavy atom. The number of aromatic amines is 1. The molecule has 0 saturated heterocycles. The summed E-state index contributed by atoms with van der Waals surface area (Å²) in [7, 11) is 0. The van der Waals surface area contributed by atoms with E-state index in [4.69, 9.17) is 5.26 Å². The van der Waals surface area contributed by atoms with Gasteiger partial charge >= 0.3 is 0 Å². The third-order valence-electron chi connectivity index (χ3n) is 3.55. The van der Waals surface area contributed by atoms with Crippen molar-refractivity contribution in [2.24, 2.45) is 0 Å². The lowest BCUT2D eigenvalue weighted by Gasteiger charge is -2.08. The summed E-state index contributed by atoms with van der Waals surface area (Å²) in [5.41, 5.74) is 1.75. The number of hydrogen-bond donors (Lipinski definition) is 2. The van der Waals surface area contributed by atoms with Gasteiger partial charge in [0.2, 0.25) is 0 Å². The average Bonchev–Trinajstić information content (AvgIpc) is 3.07. The van der Waals surface area contributed by atoms with E-state index in [1.54, 1.807) is 12.4 Å². The zero-order valence-corrected chi connectivity index (χ0v) is 11.4. The molecule has 2 aromatic rings. The summed E-state index contributed by atoms with van der Waals surface area (Å²) in [6, 6.07) is 2.14. The van der Waals surface area contributed by atoms with Crippen LogP contribution in [0.25, 0.3) is 11.2 Å². The van der Waals surface area contributed by atoms with Crippen LogP contribution in [0, 0.1) is 11.3 Å². The van der Waals surface area contributed by atoms with E-state index < -0.39 is 5.54 Å². The van der Waals surface area contributed by atoms with Gasteiger partial charge in [-0.25, -0.2) is 9.97 Å². The lowest BCUT2D eigenvalue weighted by Crippen LogP contribution is -2.35. The van der Waals surface area contributed by atoms with E-state index in [-0.39, 0.29) is 11.8 Å². The van der Waals surface area contributed by atoms with Crippen LogP contribution in [0.5, 0.6) is 0 Å². The Bertz CT molecular complexity index is 721. The molecule has 3 rings (SSSR count). The highest BCUT2D eigenvalue weighted by molar-refractivity contribution is 6.05. The first kappa shape index (κ1) is 12.6. The van der Waals surface area contributed by atoms with E-state index in [9.17, 15) is 4.79 Å². The highest BCUT2D eigenvalue weighted by Crippen LogP contribution is 2.34. The lowest BCUT2D eigenvalue weighted by molar-refractivity contribution is 0.0943. The third kappa shape index (κ3) is 2.01. The number of nitriles is 1. The van der Waals surface area contributed by atoms with E-state index in [2.05, 4.69) is 26.3 Å². The normalized spacial score (nSPS) is 16.1. The van der Waals surface area contributed by atoms with Crippen molar-refractivity contribution in [3.05, 3.63) is 23.7 Å². The van der Waals surface area contributed by atoms with Crippen LogP contribution in [-0.2, 0) is 0 Å². The number of fused-ring (bicyclic) bond motifs is 1. The fourth-order valence-corrected chi connectivity index (χ4v) is 2.03. The Kier molecular flexibility index (Phi) is 2.71. The highest BCUT2D eigenvalue weighted by Gasteiger charge is 2.45. The predicted octanol–water partition coefficient (Wildman–Crippen LogP) is 1.87. The molecule has 0 unspecified atom stereocenters. The number of H-pyrrole nitrogens is 1. The van der Waals surface area contributed by atoms with E-state index in [0.717, 1.165) is 5.69 Å². The molecule has 1 amide bonds. The quantitative estimate of drug-likeness (QED) is 0.889. The van der Waals surface area contributed by atoms with Gasteiger partial charge in [-0.2, -0.15) is 5.26 Å². The molecule has 1 fully saturated rings. The maximum absolute atomic E-state index is 12.3. The fraction of sp³-hybridized carbons (Fsp3) is 0.429. The van der Waals surface area contributed by atoms with Gasteiger partial charge in [-0.15, -0.1) is 0 Å². The van der Waals surface area contributed by atoms with E-state index in [1.807, 2.05) is 13.8 Å². The number of aromatic nitrogens is 3. The average molecular weight is 269 g/mol. The van der Waals surface area contributed by atoms with Gasteiger partial charge in [0.15, 0.2) is 5.65 Å². The molecule has 20 heavy (non-hydrogen) atoms. The third-order valence-corrected chi connectivity index (χ3v) is 3.55. The molecule has 6 heteroatoms. The summed E-state index contributed by atoms with van der Waals surface area (Å²) in [4.78, 5) is 24.0. The topological polar surface area (TPSA) is 94.5 Å². The van der Waals surface area contributed by atoms with Gasteiger partial charge in [-0.3, -0.25) is 4.79 Å². The molecule has 6 nitrogen and oxygen atoms in total. The molecule has 0 aromatic carbocycles. The Balaban J connectivity index is 1.97. The molecular weight excluding hydrogens is 254 g/mol. The van der Waals surface area contributed by atoms with Crippen molar-refractivity contribution < 1.29 is 4.79 Å². The zero-order chi connectivity index (χ0) is 14.3. The minimum atomic E-state index is -0.677. The molecular formula is C14H15N5O. The van der Waals surface area contributed by atoms with Gasteiger partial charge < -0.3 is 10.3 Å². The van der Waals surface area contributed by atoms with Crippen molar-refractivity contribution in [1.29, 1.82) is 5.26 Å². The number of nitrogens with zero attached hydrogens (tertiary/aromatic N) is 3. The molecule has 2 heterocycles. The van der Waals surface area contributed by atoms with Gasteiger partial charge in [-0.05, 0) is 18.8 Å². The lowest BCUT2D eigenvalue weighted by atomic mass is 10.1. The van der Waals surface area contributed by atoms with Gasteiger partial charge in [0.25, 0.3) is 5.91 Å². The molecule has 2 N–H and O–H groups in total. The van der Waals surface area contributed by atoms with Crippen molar-refractivity contribution in [1.82, 2.24) is 20.3 Å². The van der Waals surface area contributed by atoms with Gasteiger partial charge in [0.05, 0.1) is 23.5 Å². The van der Waals surface area contributed by atoms with Crippen LogP contribution in [0.3, 0.4) is 0 Å². The standard InChI is InChI=1S/C14H15N5O/c1-8(2)10-6-17-12-11(18-10)9(5-16-12)13(20)19-14(7-15)3-4-14/h5-6,8H,3-4H2,1-2H3,(H,16,17)(H,19,20). The van der Waals surface area contributed by atoms with Crippen molar-refractivity contribution in [2.75, 3.05) is 0 Å². The van der Waals surface area contributed by atoms with Crippen molar-refractivity contribution in [3.63, 3.8) is 0 Å². The van der Waals surface area contributed by atoms with Gasteiger partial charge in [0.1, 0.15) is 11.1 Å². The minimum Gasteiger partial charge on any atom is -0.344 e. The van der Waals surface area contributed by atoms with Gasteiger partial charge in [-0.1, -0.05) is 13.8 Å². The Morgan fingerprint density at radius 1 is 1.55 bits per heavy atom. The number of amides is 1. The van der Waals surface area contributed by atoms with E-state index in [1.165, 1.54) is 0 Å². The van der Waals surface area contributed by atoms with Crippen molar-refractivity contribution in [3.8, 4) is 6.07 Å². The smallest absolute Gasteiger partial charge is 0.256 e. The summed E-state index contributed by atoms with van der Waals surface area (Å²) in [5.74, 6) is -0.0305. The monoisotopic (exact) mass is 269 g/mol. The summed E-state index contributed by atoms with van der Waals surface area (Å²) in [6.07, 6.45) is 4.72. The molecule has 0 spiro atoms. The Labute approximate surface area is 116 Å². The van der Waals surface area contributed by atoms with Crippen LogP contribution in [0.1, 0.15) is 48.7 Å². The van der Waals surface area contributed by atoms with Gasteiger partial charge in [0, 0.05) is 6.20 Å². The molecule has 1 aliphatic carbocycles. The summed E-state index contributed by atoms with van der Waals surface area (Å²) in [6.45, 7) is 4.05. The van der Waals surface area contributed by atoms with Crippen molar-refractivity contribution in [2.45, 2.75) is 38.1 Å². The molecule has 1 saturated carbocycles. The van der Waals surface area contributed by atoms with Crippen LogP contribution in [0.15, 0.2) is 12.4 Å². The second-order valence-electron chi connectivity index (χ2n) is 5.50. The Hall–Kier alpha value is -2.42. The SMILES string of the molecule is CC(C)c1cnc2[nH]cc(C(=O)NC3(C#N)CC3)c2n1. The molecule has 0 bridgehead atoms. The molecule has 1 aliphatic rings. The van der Waals surface area contributed by atoms with Crippen LogP contribution < -0.4 is 5.32 Å². The maximum Gasteiger partial charge on any atom is 0.256 e. The van der Waals surface area contributed by atoms with E-state index >= 15 is 0 Å². The number of carbonyl (C=O) groups excluding carboxylic acids is 1. The highest BCUT2D eigenvalue weighted by atomic mass is 16.1. The zero-order valence-electron chi connectivity index (χ0n) is 11.4. The molecule has 0 aliphatic heterocycles. The molecule has 0 atom stereocenters. The van der Waals surface area contributed by atoms with Crippen LogP contribution in [0.2, 0.25) is 0 Å². The first-order valence-electron chi connectivity index (χ1n) is 6.62. The number of nitrogens with one attached hydrogen (secondary N) is 2. The maximum atomic E-state index is 12.3.